The molecular formula is C11H17N3O2. The van der Waals surface area contributed by atoms with Gasteiger partial charge in [0.25, 0.3) is 5.91 Å². The van der Waals surface area contributed by atoms with Crippen LogP contribution in [-0.4, -0.2) is 42.1 Å². The molecule has 16 heavy (non-hydrogen) atoms. The molecule has 2 rings (SSSR count). The van der Waals surface area contributed by atoms with Gasteiger partial charge in [-0.2, -0.15) is 0 Å². The molecule has 1 aromatic rings. The van der Waals surface area contributed by atoms with Crippen LogP contribution in [-0.2, 0) is 0 Å². The molecule has 2 heterocycles. The zero-order valence-electron chi connectivity index (χ0n) is 9.69. The summed E-state index contributed by atoms with van der Waals surface area (Å²) in [5.41, 5.74) is 0.366. The predicted octanol–water partition coefficient (Wildman–Crippen LogP) is 0.807. The van der Waals surface area contributed by atoms with Gasteiger partial charge < -0.3 is 14.7 Å². The van der Waals surface area contributed by atoms with Crippen molar-refractivity contribution < 1.29 is 9.32 Å². The highest BCUT2D eigenvalue weighted by atomic mass is 16.5. The van der Waals surface area contributed by atoms with Gasteiger partial charge in [0.15, 0.2) is 5.69 Å². The van der Waals surface area contributed by atoms with E-state index in [1.165, 1.54) is 0 Å². The molecule has 1 aliphatic heterocycles. The van der Waals surface area contributed by atoms with E-state index in [0.29, 0.717) is 11.5 Å². The summed E-state index contributed by atoms with van der Waals surface area (Å²) in [7, 11) is 2.07. The largest absolute Gasteiger partial charge is 0.361 e. The third-order valence-corrected chi connectivity index (χ3v) is 2.82. The number of likely N-dealkylation sites (N-methyl/N-ethyl adjacent to an activating group) is 1. The van der Waals surface area contributed by atoms with E-state index < -0.39 is 0 Å². The summed E-state index contributed by atoms with van der Waals surface area (Å²) in [5, 5.41) is 6.68. The summed E-state index contributed by atoms with van der Waals surface area (Å²) in [6.45, 7) is 3.79. The molecular weight excluding hydrogens is 206 g/mol. The standard InChI is InChI=1S/C11H17N3O2/c1-8-6-10(13-16-8)11(15)12-9-4-3-5-14(2)7-9/h6,9H,3-5,7H2,1-2H3,(H,12,15). The highest BCUT2D eigenvalue weighted by Gasteiger charge is 2.20. The van der Waals surface area contributed by atoms with Crippen molar-refractivity contribution in [3.05, 3.63) is 17.5 Å². The number of likely N-dealkylation sites (tertiary alicyclic amines) is 1. The van der Waals surface area contributed by atoms with E-state index in [0.717, 1.165) is 25.9 Å². The molecule has 0 spiro atoms. The lowest BCUT2D eigenvalue weighted by Gasteiger charge is -2.29. The van der Waals surface area contributed by atoms with Gasteiger partial charge in [0.2, 0.25) is 0 Å². The van der Waals surface area contributed by atoms with Crippen molar-refractivity contribution in [2.75, 3.05) is 20.1 Å². The minimum Gasteiger partial charge on any atom is -0.361 e. The topological polar surface area (TPSA) is 58.4 Å². The van der Waals surface area contributed by atoms with Crippen LogP contribution in [0, 0.1) is 6.92 Å². The first-order valence-corrected chi connectivity index (χ1v) is 5.58. The summed E-state index contributed by atoms with van der Waals surface area (Å²) < 4.78 is 4.87. The summed E-state index contributed by atoms with van der Waals surface area (Å²) in [5.74, 6) is 0.517. The fourth-order valence-electron chi connectivity index (χ4n) is 2.02. The van der Waals surface area contributed by atoms with Crippen LogP contribution >= 0.6 is 0 Å². The average Bonchev–Trinajstić information content (AvgIpc) is 2.65. The maximum atomic E-state index is 11.8. The Hall–Kier alpha value is -1.36. The van der Waals surface area contributed by atoms with Gasteiger partial charge in [-0.25, -0.2) is 0 Å². The lowest BCUT2D eigenvalue weighted by Crippen LogP contribution is -2.46. The van der Waals surface area contributed by atoms with Gasteiger partial charge in [0.05, 0.1) is 0 Å². The molecule has 1 aliphatic rings. The molecule has 1 aromatic heterocycles. The Morgan fingerprint density at radius 2 is 2.50 bits per heavy atom. The molecule has 0 radical (unpaired) electrons. The van der Waals surface area contributed by atoms with E-state index in [1.807, 2.05) is 0 Å². The Labute approximate surface area is 94.8 Å². The molecule has 1 amide bonds. The van der Waals surface area contributed by atoms with Crippen molar-refractivity contribution in [3.8, 4) is 0 Å². The van der Waals surface area contributed by atoms with Crippen LogP contribution in [0.25, 0.3) is 0 Å². The van der Waals surface area contributed by atoms with Crippen LogP contribution in [0.2, 0.25) is 0 Å². The first-order chi connectivity index (χ1) is 7.65. The third-order valence-electron chi connectivity index (χ3n) is 2.82. The number of nitrogens with one attached hydrogen (secondary N) is 1. The van der Waals surface area contributed by atoms with Crippen LogP contribution in [0.3, 0.4) is 0 Å². The van der Waals surface area contributed by atoms with Crippen molar-refractivity contribution in [3.63, 3.8) is 0 Å². The van der Waals surface area contributed by atoms with E-state index in [9.17, 15) is 4.79 Å². The van der Waals surface area contributed by atoms with Gasteiger partial charge >= 0.3 is 0 Å². The number of aromatic nitrogens is 1. The van der Waals surface area contributed by atoms with E-state index in [-0.39, 0.29) is 11.9 Å². The van der Waals surface area contributed by atoms with Gasteiger partial charge in [0, 0.05) is 18.7 Å². The van der Waals surface area contributed by atoms with Crippen LogP contribution < -0.4 is 5.32 Å². The predicted molar refractivity (Wildman–Crippen MR) is 59.2 cm³/mol. The molecule has 0 aromatic carbocycles. The minimum atomic E-state index is -0.142. The highest BCUT2D eigenvalue weighted by Crippen LogP contribution is 2.09. The van der Waals surface area contributed by atoms with Crippen LogP contribution in [0.15, 0.2) is 10.6 Å². The average molecular weight is 223 g/mol. The first-order valence-electron chi connectivity index (χ1n) is 5.58. The normalized spacial score (nSPS) is 22.0. The Bertz CT molecular complexity index is 375. The number of amides is 1. The van der Waals surface area contributed by atoms with Gasteiger partial charge in [-0.1, -0.05) is 5.16 Å². The maximum Gasteiger partial charge on any atom is 0.273 e. The second-order valence-electron chi connectivity index (χ2n) is 4.40. The maximum absolute atomic E-state index is 11.8. The van der Waals surface area contributed by atoms with Crippen LogP contribution in [0.4, 0.5) is 0 Å². The summed E-state index contributed by atoms with van der Waals surface area (Å²) >= 11 is 0. The molecule has 5 heteroatoms. The van der Waals surface area contributed by atoms with Gasteiger partial charge in [0.1, 0.15) is 5.76 Å². The Balaban J connectivity index is 1.92. The van der Waals surface area contributed by atoms with E-state index in [4.69, 9.17) is 4.52 Å². The zero-order chi connectivity index (χ0) is 11.5. The quantitative estimate of drug-likeness (QED) is 0.806. The van der Waals surface area contributed by atoms with Gasteiger partial charge in [-0.15, -0.1) is 0 Å². The summed E-state index contributed by atoms with van der Waals surface area (Å²) in [6, 6.07) is 1.88. The molecule has 1 unspecified atom stereocenters. The number of carbonyl (C=O) groups is 1. The number of rotatable bonds is 2. The second-order valence-corrected chi connectivity index (χ2v) is 4.40. The smallest absolute Gasteiger partial charge is 0.273 e. The van der Waals surface area contributed by atoms with E-state index >= 15 is 0 Å². The lowest BCUT2D eigenvalue weighted by molar-refractivity contribution is 0.0903. The molecule has 1 fully saturated rings. The highest BCUT2D eigenvalue weighted by molar-refractivity contribution is 5.92. The summed E-state index contributed by atoms with van der Waals surface area (Å²) in [6.07, 6.45) is 2.16. The Morgan fingerprint density at radius 3 is 3.12 bits per heavy atom. The zero-order valence-corrected chi connectivity index (χ0v) is 9.69. The molecule has 0 saturated carbocycles. The third kappa shape index (κ3) is 2.61. The molecule has 1 atom stereocenters. The van der Waals surface area contributed by atoms with Crippen LogP contribution in [0.1, 0.15) is 29.1 Å². The number of carbonyl (C=O) groups excluding carboxylic acids is 1. The van der Waals surface area contributed by atoms with Crippen molar-refractivity contribution in [2.24, 2.45) is 0 Å². The number of piperidine rings is 1. The number of nitrogens with zero attached hydrogens (tertiary/aromatic N) is 2. The fourth-order valence-corrected chi connectivity index (χ4v) is 2.02. The number of aryl methyl sites for hydroxylation is 1. The molecule has 0 aliphatic carbocycles. The Kier molecular flexibility index (Phi) is 3.24. The van der Waals surface area contributed by atoms with E-state index in [2.05, 4.69) is 22.4 Å². The minimum absolute atomic E-state index is 0.142. The second kappa shape index (κ2) is 4.65. The lowest BCUT2D eigenvalue weighted by atomic mass is 10.1. The fraction of sp³-hybridized carbons (Fsp3) is 0.636. The summed E-state index contributed by atoms with van der Waals surface area (Å²) in [4.78, 5) is 14.0. The van der Waals surface area contributed by atoms with Crippen molar-refractivity contribution in [2.45, 2.75) is 25.8 Å². The SMILES string of the molecule is Cc1cc(C(=O)NC2CCCN(C)C2)no1. The van der Waals surface area contributed by atoms with Crippen molar-refractivity contribution >= 4 is 5.91 Å². The first kappa shape index (κ1) is 11.1. The molecule has 1 N–H and O–H groups in total. The number of hydrogen-bond acceptors (Lipinski definition) is 4. The van der Waals surface area contributed by atoms with Crippen molar-refractivity contribution in [1.82, 2.24) is 15.4 Å². The van der Waals surface area contributed by atoms with E-state index in [1.54, 1.807) is 13.0 Å². The Morgan fingerprint density at radius 1 is 1.69 bits per heavy atom. The monoisotopic (exact) mass is 223 g/mol. The number of hydrogen-bond donors (Lipinski definition) is 1. The van der Waals surface area contributed by atoms with Gasteiger partial charge in [-0.3, -0.25) is 4.79 Å². The van der Waals surface area contributed by atoms with Crippen molar-refractivity contribution in [1.29, 1.82) is 0 Å². The molecule has 88 valence electrons. The molecule has 0 bridgehead atoms. The molecule has 1 saturated heterocycles. The molecule has 5 nitrogen and oxygen atoms in total. The van der Waals surface area contributed by atoms with Crippen LogP contribution in [0.5, 0.6) is 0 Å². The van der Waals surface area contributed by atoms with Gasteiger partial charge in [-0.05, 0) is 33.4 Å².